The van der Waals surface area contributed by atoms with E-state index in [1.807, 2.05) is 0 Å². The molecule has 6 heteroatoms. The number of nitrogens with two attached hydrogens (primary N) is 1. The van der Waals surface area contributed by atoms with Crippen LogP contribution in [0.25, 0.3) is 0 Å². The number of hydrogen-bond donors (Lipinski definition) is 1. The predicted octanol–water partition coefficient (Wildman–Crippen LogP) is 3.34. The average molecular weight is 328 g/mol. The number of benzene rings is 1. The molecule has 2 rings (SSSR count). The molecule has 0 atom stereocenters. The molecule has 0 saturated heterocycles. The van der Waals surface area contributed by atoms with E-state index in [1.165, 1.54) is 18.3 Å². The molecule has 1 heterocycles. The van der Waals surface area contributed by atoms with Gasteiger partial charge in [-0.05, 0) is 34.1 Å². The van der Waals surface area contributed by atoms with E-state index < -0.39 is 11.6 Å². The van der Waals surface area contributed by atoms with E-state index in [4.69, 9.17) is 5.73 Å². The first-order valence-electron chi connectivity index (χ1n) is 5.53. The molecule has 0 aliphatic rings. The Morgan fingerprint density at radius 2 is 2.05 bits per heavy atom. The highest BCUT2D eigenvalue weighted by molar-refractivity contribution is 9.10. The zero-order chi connectivity index (χ0) is 14.0. The fraction of sp³-hybridized carbons (Fsp3) is 0.154. The minimum Gasteiger partial charge on any atom is -0.396 e. The number of hydrogen-bond acceptors (Lipinski definition) is 3. The Bertz CT molecular complexity index is 604. The van der Waals surface area contributed by atoms with E-state index in [2.05, 4.69) is 20.9 Å². The van der Waals surface area contributed by atoms with E-state index in [0.29, 0.717) is 11.4 Å². The first-order valence-corrected chi connectivity index (χ1v) is 6.33. The lowest BCUT2D eigenvalue weighted by atomic mass is 10.1. The molecular formula is C13H12BrF2N3. The maximum absolute atomic E-state index is 13.9. The second kappa shape index (κ2) is 5.52. The third kappa shape index (κ3) is 2.84. The molecular weight excluding hydrogens is 316 g/mol. The van der Waals surface area contributed by atoms with E-state index in [1.54, 1.807) is 24.2 Å². The van der Waals surface area contributed by atoms with Gasteiger partial charge in [-0.15, -0.1) is 0 Å². The number of anilines is 2. The van der Waals surface area contributed by atoms with Crippen molar-refractivity contribution in [3.8, 4) is 0 Å². The second-order valence-electron chi connectivity index (χ2n) is 4.11. The number of nitrogen functional groups attached to an aromatic ring is 1. The first-order chi connectivity index (χ1) is 9.00. The Balaban J connectivity index is 2.32. The van der Waals surface area contributed by atoms with Crippen LogP contribution in [0.15, 0.2) is 35.1 Å². The first kappa shape index (κ1) is 13.7. The SMILES string of the molecule is CN(Cc1c(F)ccc(Br)c1F)c1ccncc1N. The molecule has 0 saturated carbocycles. The molecule has 0 radical (unpaired) electrons. The number of pyridine rings is 1. The average Bonchev–Trinajstić information content (AvgIpc) is 2.39. The molecule has 100 valence electrons. The van der Waals surface area contributed by atoms with Gasteiger partial charge in [0.1, 0.15) is 11.6 Å². The van der Waals surface area contributed by atoms with Crippen molar-refractivity contribution in [3.05, 3.63) is 52.3 Å². The van der Waals surface area contributed by atoms with Crippen LogP contribution in [0.5, 0.6) is 0 Å². The molecule has 0 bridgehead atoms. The summed E-state index contributed by atoms with van der Waals surface area (Å²) >= 11 is 3.05. The van der Waals surface area contributed by atoms with Crippen LogP contribution in [0.4, 0.5) is 20.2 Å². The summed E-state index contributed by atoms with van der Waals surface area (Å²) in [6.07, 6.45) is 3.08. The van der Waals surface area contributed by atoms with Crippen molar-refractivity contribution in [1.82, 2.24) is 4.98 Å². The molecule has 3 nitrogen and oxygen atoms in total. The van der Waals surface area contributed by atoms with Gasteiger partial charge in [0.05, 0.1) is 22.0 Å². The van der Waals surface area contributed by atoms with Gasteiger partial charge < -0.3 is 10.6 Å². The Kier molecular flexibility index (Phi) is 3.99. The highest BCUT2D eigenvalue weighted by Gasteiger charge is 2.15. The predicted molar refractivity (Wildman–Crippen MR) is 74.8 cm³/mol. The van der Waals surface area contributed by atoms with Crippen LogP contribution >= 0.6 is 15.9 Å². The van der Waals surface area contributed by atoms with Crippen LogP contribution in [-0.2, 0) is 6.54 Å². The zero-order valence-electron chi connectivity index (χ0n) is 10.2. The highest BCUT2D eigenvalue weighted by Crippen LogP contribution is 2.26. The number of halogens is 3. The lowest BCUT2D eigenvalue weighted by molar-refractivity contribution is 0.549. The summed E-state index contributed by atoms with van der Waals surface area (Å²) in [7, 11) is 1.71. The lowest BCUT2D eigenvalue weighted by Gasteiger charge is -2.21. The molecule has 0 amide bonds. The smallest absolute Gasteiger partial charge is 0.145 e. The van der Waals surface area contributed by atoms with Crippen LogP contribution in [0.2, 0.25) is 0 Å². The summed E-state index contributed by atoms with van der Waals surface area (Å²) in [5.41, 5.74) is 6.91. The van der Waals surface area contributed by atoms with Crippen molar-refractivity contribution in [2.75, 3.05) is 17.7 Å². The van der Waals surface area contributed by atoms with Crippen LogP contribution in [0, 0.1) is 11.6 Å². The number of aromatic nitrogens is 1. The van der Waals surface area contributed by atoms with Gasteiger partial charge in [0.15, 0.2) is 0 Å². The van der Waals surface area contributed by atoms with Crippen molar-refractivity contribution in [3.63, 3.8) is 0 Å². The van der Waals surface area contributed by atoms with Crippen LogP contribution < -0.4 is 10.6 Å². The van der Waals surface area contributed by atoms with Crippen LogP contribution in [0.3, 0.4) is 0 Å². The van der Waals surface area contributed by atoms with Crippen molar-refractivity contribution in [2.45, 2.75) is 6.54 Å². The van der Waals surface area contributed by atoms with Gasteiger partial charge in [-0.3, -0.25) is 4.98 Å². The minimum absolute atomic E-state index is 0.00640. The van der Waals surface area contributed by atoms with Gasteiger partial charge in [-0.25, -0.2) is 8.78 Å². The van der Waals surface area contributed by atoms with E-state index >= 15 is 0 Å². The Morgan fingerprint density at radius 1 is 1.32 bits per heavy atom. The fourth-order valence-electron chi connectivity index (χ4n) is 1.78. The second-order valence-corrected chi connectivity index (χ2v) is 4.97. The molecule has 0 fully saturated rings. The standard InChI is InChI=1S/C13H12BrF2N3/c1-19(12-4-5-18-6-11(12)17)7-8-10(15)3-2-9(14)13(8)16/h2-6H,7,17H2,1H3. The maximum Gasteiger partial charge on any atom is 0.145 e. The normalized spacial score (nSPS) is 10.5. The van der Waals surface area contributed by atoms with Gasteiger partial charge in [0.2, 0.25) is 0 Å². The molecule has 0 unspecified atom stereocenters. The lowest BCUT2D eigenvalue weighted by Crippen LogP contribution is -2.19. The molecule has 0 aliphatic heterocycles. The van der Waals surface area contributed by atoms with Crippen LogP contribution in [0.1, 0.15) is 5.56 Å². The van der Waals surface area contributed by atoms with Crippen molar-refractivity contribution < 1.29 is 8.78 Å². The van der Waals surface area contributed by atoms with E-state index in [0.717, 1.165) is 0 Å². The number of rotatable bonds is 3. The van der Waals surface area contributed by atoms with E-state index in [-0.39, 0.29) is 16.6 Å². The summed E-state index contributed by atoms with van der Waals surface area (Å²) in [5.74, 6) is -1.18. The monoisotopic (exact) mass is 327 g/mol. The minimum atomic E-state index is -0.598. The summed E-state index contributed by atoms with van der Waals surface area (Å²) in [5, 5.41) is 0. The largest absolute Gasteiger partial charge is 0.396 e. The molecule has 2 aromatic rings. The van der Waals surface area contributed by atoms with Gasteiger partial charge in [0.25, 0.3) is 0 Å². The molecule has 0 spiro atoms. The molecule has 19 heavy (non-hydrogen) atoms. The maximum atomic E-state index is 13.9. The third-order valence-corrected chi connectivity index (χ3v) is 3.39. The third-order valence-electron chi connectivity index (χ3n) is 2.77. The summed E-state index contributed by atoms with van der Waals surface area (Å²) in [4.78, 5) is 5.55. The highest BCUT2D eigenvalue weighted by atomic mass is 79.9. The molecule has 1 aromatic carbocycles. The van der Waals surface area contributed by atoms with Gasteiger partial charge in [0, 0.05) is 25.4 Å². The van der Waals surface area contributed by atoms with Crippen molar-refractivity contribution in [1.29, 1.82) is 0 Å². The zero-order valence-corrected chi connectivity index (χ0v) is 11.8. The fourth-order valence-corrected chi connectivity index (χ4v) is 2.15. The van der Waals surface area contributed by atoms with E-state index in [9.17, 15) is 8.78 Å². The Labute approximate surface area is 118 Å². The van der Waals surface area contributed by atoms with Gasteiger partial charge in [-0.1, -0.05) is 0 Å². The topological polar surface area (TPSA) is 42.2 Å². The number of nitrogens with zero attached hydrogens (tertiary/aromatic N) is 2. The summed E-state index contributed by atoms with van der Waals surface area (Å²) < 4.78 is 27.8. The van der Waals surface area contributed by atoms with Crippen molar-refractivity contribution in [2.24, 2.45) is 0 Å². The van der Waals surface area contributed by atoms with Gasteiger partial charge >= 0.3 is 0 Å². The quantitative estimate of drug-likeness (QED) is 0.879. The molecule has 2 N–H and O–H groups in total. The Hall–Kier alpha value is -1.69. The summed E-state index contributed by atoms with van der Waals surface area (Å²) in [6.45, 7) is 0.0747. The molecule has 1 aromatic heterocycles. The molecule has 0 aliphatic carbocycles. The summed E-state index contributed by atoms with van der Waals surface area (Å²) in [6, 6.07) is 4.27. The van der Waals surface area contributed by atoms with Crippen molar-refractivity contribution >= 4 is 27.3 Å². The van der Waals surface area contributed by atoms with Crippen LogP contribution in [-0.4, -0.2) is 12.0 Å². The van der Waals surface area contributed by atoms with Gasteiger partial charge in [-0.2, -0.15) is 0 Å². The Morgan fingerprint density at radius 3 is 2.74 bits per heavy atom.